The van der Waals surface area contributed by atoms with Crippen LogP contribution in [-0.2, 0) is 20.9 Å². The topological polar surface area (TPSA) is 83.4 Å². The number of para-hydroxylation sites is 1. The fourth-order valence-corrected chi connectivity index (χ4v) is 4.82. The Labute approximate surface area is 229 Å². The molecule has 38 heavy (non-hydrogen) atoms. The molecule has 3 amide bonds. The Morgan fingerprint density at radius 1 is 1.05 bits per heavy atom. The number of aryl methyl sites for hydroxylation is 2. The summed E-state index contributed by atoms with van der Waals surface area (Å²) in [5.74, 6) is -1.36. The smallest absolute Gasteiger partial charge is 0.270 e. The van der Waals surface area contributed by atoms with E-state index < -0.39 is 11.8 Å². The maximum atomic E-state index is 13.5. The quantitative estimate of drug-likeness (QED) is 0.201. The molecule has 5 rings (SSSR count). The molecule has 1 aromatic heterocycles. The highest BCUT2D eigenvalue weighted by molar-refractivity contribution is 7.80. The van der Waals surface area contributed by atoms with E-state index in [0.717, 1.165) is 22.0 Å². The zero-order valence-electron chi connectivity index (χ0n) is 20.6. The summed E-state index contributed by atoms with van der Waals surface area (Å²) in [6, 6.07) is 20.2. The second-order valence-corrected chi connectivity index (χ2v) is 9.83. The fraction of sp³-hybridized carbons (Fsp3) is 0.103. The van der Waals surface area contributed by atoms with Crippen LogP contribution < -0.4 is 15.5 Å². The van der Waals surface area contributed by atoms with Gasteiger partial charge in [0.1, 0.15) is 12.1 Å². The van der Waals surface area contributed by atoms with Crippen molar-refractivity contribution in [3.05, 3.63) is 100 Å². The van der Waals surface area contributed by atoms with E-state index in [1.54, 1.807) is 29.0 Å². The number of rotatable bonds is 5. The molecule has 1 saturated heterocycles. The number of carbonyl (C=O) groups is 3. The van der Waals surface area contributed by atoms with Gasteiger partial charge in [-0.1, -0.05) is 48.0 Å². The van der Waals surface area contributed by atoms with Crippen LogP contribution in [0.3, 0.4) is 0 Å². The van der Waals surface area contributed by atoms with E-state index in [4.69, 9.17) is 23.8 Å². The van der Waals surface area contributed by atoms with Crippen molar-refractivity contribution in [1.29, 1.82) is 0 Å². The monoisotopic (exact) mass is 542 g/mol. The Morgan fingerprint density at radius 3 is 2.61 bits per heavy atom. The lowest BCUT2D eigenvalue weighted by molar-refractivity contribution is -0.122. The largest absolute Gasteiger partial charge is 0.337 e. The first kappa shape index (κ1) is 25.4. The van der Waals surface area contributed by atoms with Gasteiger partial charge in [-0.15, -0.1) is 0 Å². The second-order valence-electron chi connectivity index (χ2n) is 9.04. The molecule has 190 valence electrons. The van der Waals surface area contributed by atoms with Crippen LogP contribution in [0, 0.1) is 13.8 Å². The lowest BCUT2D eigenvalue weighted by atomic mass is 10.1. The van der Waals surface area contributed by atoms with Crippen molar-refractivity contribution in [2.45, 2.75) is 20.4 Å². The average molecular weight is 543 g/mol. The molecule has 0 radical (unpaired) electrons. The lowest BCUT2D eigenvalue weighted by Crippen LogP contribution is -2.54. The number of aromatic nitrogens is 1. The molecular weight excluding hydrogens is 520 g/mol. The van der Waals surface area contributed by atoms with Crippen LogP contribution in [-0.4, -0.2) is 27.4 Å². The van der Waals surface area contributed by atoms with Crippen molar-refractivity contribution < 1.29 is 14.4 Å². The van der Waals surface area contributed by atoms with Crippen LogP contribution in [0.25, 0.3) is 17.0 Å². The van der Waals surface area contributed by atoms with E-state index in [-0.39, 0.29) is 23.1 Å². The molecule has 9 heteroatoms. The van der Waals surface area contributed by atoms with Crippen LogP contribution in [0.1, 0.15) is 16.7 Å². The van der Waals surface area contributed by atoms with E-state index in [1.807, 2.05) is 62.4 Å². The predicted molar refractivity (Wildman–Crippen MR) is 154 cm³/mol. The molecule has 0 saturated carbocycles. The van der Waals surface area contributed by atoms with Crippen molar-refractivity contribution in [2.24, 2.45) is 0 Å². The molecule has 0 bridgehead atoms. The van der Waals surface area contributed by atoms with Gasteiger partial charge in [-0.05, 0) is 73.6 Å². The third-order valence-corrected chi connectivity index (χ3v) is 6.94. The summed E-state index contributed by atoms with van der Waals surface area (Å²) >= 11 is 11.6. The van der Waals surface area contributed by atoms with E-state index in [0.29, 0.717) is 22.0 Å². The second kappa shape index (κ2) is 10.2. The van der Waals surface area contributed by atoms with Gasteiger partial charge in [0.05, 0.1) is 5.69 Å². The molecule has 2 N–H and O–H groups in total. The number of fused-ring (bicyclic) bond motifs is 1. The van der Waals surface area contributed by atoms with Crippen LogP contribution in [0.15, 0.2) is 78.5 Å². The van der Waals surface area contributed by atoms with Gasteiger partial charge in [0.25, 0.3) is 11.8 Å². The van der Waals surface area contributed by atoms with Crippen LogP contribution in [0.5, 0.6) is 0 Å². The first-order valence-corrected chi connectivity index (χ1v) is 12.6. The van der Waals surface area contributed by atoms with E-state index >= 15 is 0 Å². The lowest BCUT2D eigenvalue weighted by Gasteiger charge is -2.29. The maximum absolute atomic E-state index is 13.5. The van der Waals surface area contributed by atoms with Crippen molar-refractivity contribution in [1.82, 2.24) is 9.88 Å². The standard InChI is InChI=1S/C29H23ClN4O3S/c1-17-6-5-7-20(12-17)31-26(35)16-33-15-19(22-8-3-4-9-25(22)33)13-23-27(36)32-29(38)34(28(23)37)21-11-10-18(2)24(30)14-21/h3-15H,16H2,1-2H3,(H,31,35)(H,32,36,38)/b23-13+. The molecular formula is C29H23ClN4O3S. The third kappa shape index (κ3) is 4.96. The van der Waals surface area contributed by atoms with Crippen molar-refractivity contribution in [2.75, 3.05) is 10.2 Å². The zero-order chi connectivity index (χ0) is 27.0. The summed E-state index contributed by atoms with van der Waals surface area (Å²) in [7, 11) is 0. The van der Waals surface area contributed by atoms with Crippen molar-refractivity contribution >= 4 is 75.0 Å². The summed E-state index contributed by atoms with van der Waals surface area (Å²) in [6.45, 7) is 3.86. The van der Waals surface area contributed by atoms with E-state index in [9.17, 15) is 14.4 Å². The first-order chi connectivity index (χ1) is 18.2. The molecule has 0 spiro atoms. The van der Waals surface area contributed by atoms with Gasteiger partial charge in [-0.3, -0.25) is 24.6 Å². The summed E-state index contributed by atoms with van der Waals surface area (Å²) in [6.07, 6.45) is 3.29. The van der Waals surface area contributed by atoms with Gasteiger partial charge in [0, 0.05) is 33.4 Å². The van der Waals surface area contributed by atoms with Gasteiger partial charge in [-0.25, -0.2) is 0 Å². The van der Waals surface area contributed by atoms with Crippen molar-refractivity contribution in [3.63, 3.8) is 0 Å². The fourth-order valence-electron chi connectivity index (χ4n) is 4.37. The van der Waals surface area contributed by atoms with Gasteiger partial charge < -0.3 is 9.88 Å². The van der Waals surface area contributed by atoms with Gasteiger partial charge >= 0.3 is 0 Å². The number of hydrogen-bond acceptors (Lipinski definition) is 4. The number of anilines is 2. The average Bonchev–Trinajstić information content (AvgIpc) is 3.20. The zero-order valence-corrected chi connectivity index (χ0v) is 22.2. The number of nitrogens with zero attached hydrogens (tertiary/aromatic N) is 2. The van der Waals surface area contributed by atoms with Crippen LogP contribution in [0.4, 0.5) is 11.4 Å². The number of halogens is 1. The Kier molecular flexibility index (Phi) is 6.84. The Morgan fingerprint density at radius 2 is 1.84 bits per heavy atom. The number of amides is 3. The van der Waals surface area contributed by atoms with E-state index in [1.165, 1.54) is 11.0 Å². The molecule has 0 unspecified atom stereocenters. The molecule has 0 atom stereocenters. The minimum absolute atomic E-state index is 0.0210. The van der Waals surface area contributed by atoms with Gasteiger partial charge in [0.2, 0.25) is 5.91 Å². The maximum Gasteiger partial charge on any atom is 0.270 e. The number of nitrogens with one attached hydrogen (secondary N) is 2. The first-order valence-electron chi connectivity index (χ1n) is 11.8. The number of hydrogen-bond donors (Lipinski definition) is 2. The molecule has 0 aliphatic carbocycles. The minimum atomic E-state index is -0.594. The molecule has 1 aliphatic rings. The Balaban J connectivity index is 1.49. The van der Waals surface area contributed by atoms with Gasteiger partial charge in [-0.2, -0.15) is 0 Å². The molecule has 1 fully saturated rings. The summed E-state index contributed by atoms with van der Waals surface area (Å²) < 4.78 is 1.79. The van der Waals surface area contributed by atoms with Crippen LogP contribution in [0.2, 0.25) is 5.02 Å². The number of thiocarbonyl (C=S) groups is 1. The third-order valence-electron chi connectivity index (χ3n) is 6.25. The number of benzene rings is 3. The Hall–Kier alpha value is -4.27. The summed E-state index contributed by atoms with van der Waals surface area (Å²) in [5, 5.41) is 6.76. The molecule has 7 nitrogen and oxygen atoms in total. The molecule has 3 aromatic carbocycles. The summed E-state index contributed by atoms with van der Waals surface area (Å²) in [5.41, 5.74) is 4.40. The minimum Gasteiger partial charge on any atom is -0.337 e. The van der Waals surface area contributed by atoms with E-state index in [2.05, 4.69) is 10.6 Å². The van der Waals surface area contributed by atoms with Crippen LogP contribution >= 0.6 is 23.8 Å². The molecule has 4 aromatic rings. The number of carbonyl (C=O) groups excluding carboxylic acids is 3. The highest BCUT2D eigenvalue weighted by Gasteiger charge is 2.35. The predicted octanol–water partition coefficient (Wildman–Crippen LogP) is 5.38. The summed E-state index contributed by atoms with van der Waals surface area (Å²) in [4.78, 5) is 40.4. The SMILES string of the molecule is Cc1cccc(NC(=O)Cn2cc(/C=C3\C(=O)NC(=S)N(c4ccc(C)c(Cl)c4)C3=O)c3ccccc32)c1. The highest BCUT2D eigenvalue weighted by atomic mass is 35.5. The highest BCUT2D eigenvalue weighted by Crippen LogP contribution is 2.29. The normalized spacial score (nSPS) is 14.8. The molecule has 2 heterocycles. The Bertz CT molecular complexity index is 1670. The van der Waals surface area contributed by atoms with Gasteiger partial charge in [0.15, 0.2) is 5.11 Å². The van der Waals surface area contributed by atoms with Crippen molar-refractivity contribution in [3.8, 4) is 0 Å². The molecule has 1 aliphatic heterocycles.